The molecule has 2 saturated carbocycles. The van der Waals surface area contributed by atoms with Gasteiger partial charge in [0.1, 0.15) is 0 Å². The highest BCUT2D eigenvalue weighted by molar-refractivity contribution is 8.00. The first-order valence-electron chi connectivity index (χ1n) is 11.5. The molecule has 2 amide bonds. The fourth-order valence-corrected chi connectivity index (χ4v) is 10.2. The summed E-state index contributed by atoms with van der Waals surface area (Å²) in [4.78, 5) is 45.2. The third-order valence-corrected chi connectivity index (χ3v) is 11.2. The van der Waals surface area contributed by atoms with E-state index in [-0.39, 0.29) is 57.4 Å². The fourth-order valence-electron chi connectivity index (χ4n) is 7.15. The van der Waals surface area contributed by atoms with Crippen molar-refractivity contribution in [2.24, 2.45) is 29.6 Å². The Morgan fingerprint density at radius 2 is 1.68 bits per heavy atom. The molecule has 2 bridgehead atoms. The Labute approximate surface area is 209 Å². The molecular formula is C26H21ClN2O3S2. The maximum atomic E-state index is 13.7. The van der Waals surface area contributed by atoms with E-state index in [1.165, 1.54) is 27.4 Å². The Hall–Kier alpha value is -2.35. The van der Waals surface area contributed by atoms with Crippen molar-refractivity contribution in [3.05, 3.63) is 79.2 Å². The van der Waals surface area contributed by atoms with Crippen molar-refractivity contribution in [2.75, 3.05) is 4.90 Å². The molecule has 2 aliphatic carbocycles. The Bertz CT molecular complexity index is 1410. The van der Waals surface area contributed by atoms with Crippen LogP contribution in [-0.2, 0) is 9.59 Å². The Morgan fingerprint density at radius 3 is 2.41 bits per heavy atom. The predicted octanol–water partition coefficient (Wildman–Crippen LogP) is 5.08. The summed E-state index contributed by atoms with van der Waals surface area (Å²) in [6.07, 6.45) is 0.894. The van der Waals surface area contributed by atoms with Crippen LogP contribution < -0.4 is 9.77 Å². The lowest BCUT2D eigenvalue weighted by atomic mass is 9.67. The van der Waals surface area contributed by atoms with Crippen LogP contribution in [0.15, 0.2) is 58.4 Å². The third-order valence-electron chi connectivity index (χ3n) is 8.33. The van der Waals surface area contributed by atoms with Crippen molar-refractivity contribution in [3.63, 3.8) is 0 Å². The van der Waals surface area contributed by atoms with Crippen LogP contribution in [-0.4, -0.2) is 22.0 Å². The first kappa shape index (κ1) is 21.0. The monoisotopic (exact) mass is 508 g/mol. The quantitative estimate of drug-likeness (QED) is 0.490. The minimum atomic E-state index is -0.293. The van der Waals surface area contributed by atoms with Crippen LogP contribution >= 0.6 is 34.7 Å². The summed E-state index contributed by atoms with van der Waals surface area (Å²) in [6.45, 7) is 2.11. The van der Waals surface area contributed by atoms with Crippen molar-refractivity contribution in [2.45, 2.75) is 29.5 Å². The zero-order valence-electron chi connectivity index (χ0n) is 18.2. The number of anilines is 1. The number of hydrogen-bond donors (Lipinski definition) is 1. The molecule has 8 heteroatoms. The van der Waals surface area contributed by atoms with Gasteiger partial charge in [0.2, 0.25) is 11.8 Å². The van der Waals surface area contributed by atoms with Crippen LogP contribution in [0.3, 0.4) is 0 Å². The molecule has 5 unspecified atom stereocenters. The number of aromatic nitrogens is 1. The zero-order chi connectivity index (χ0) is 23.3. The molecular weight excluding hydrogens is 488 g/mol. The van der Waals surface area contributed by atoms with Crippen LogP contribution in [0.2, 0.25) is 5.02 Å². The topological polar surface area (TPSA) is 70.2 Å². The lowest BCUT2D eigenvalue weighted by Gasteiger charge is -2.43. The summed E-state index contributed by atoms with van der Waals surface area (Å²) in [5, 5.41) is 1.72. The molecule has 3 heterocycles. The molecule has 1 saturated heterocycles. The summed E-state index contributed by atoms with van der Waals surface area (Å²) in [5.41, 5.74) is 3.02. The molecule has 3 fully saturated rings. The van der Waals surface area contributed by atoms with Gasteiger partial charge in [0, 0.05) is 21.1 Å². The Balaban J connectivity index is 1.34. The number of amides is 2. The molecule has 7 atom stereocenters. The minimum absolute atomic E-state index is 0.0373. The van der Waals surface area contributed by atoms with Gasteiger partial charge in [-0.25, -0.2) is 0 Å². The fraction of sp³-hybridized carbons (Fsp3) is 0.346. The van der Waals surface area contributed by atoms with Crippen molar-refractivity contribution in [1.82, 2.24) is 4.98 Å². The van der Waals surface area contributed by atoms with Gasteiger partial charge in [0.25, 0.3) is 0 Å². The normalized spacial score (nSPS) is 33.2. The number of carbonyl (C=O) groups is 2. The lowest BCUT2D eigenvalue weighted by molar-refractivity contribution is -0.123. The number of nitrogens with one attached hydrogen (secondary N) is 1. The molecule has 34 heavy (non-hydrogen) atoms. The van der Waals surface area contributed by atoms with E-state index in [4.69, 9.17) is 11.6 Å². The molecule has 5 nitrogen and oxygen atoms in total. The van der Waals surface area contributed by atoms with Gasteiger partial charge in [-0.2, -0.15) is 0 Å². The molecule has 1 N–H and O–H groups in total. The minimum Gasteiger partial charge on any atom is -0.307 e. The zero-order valence-corrected chi connectivity index (χ0v) is 20.6. The maximum absolute atomic E-state index is 13.7. The number of thioether (sulfide) groups is 1. The van der Waals surface area contributed by atoms with Crippen LogP contribution in [0.1, 0.15) is 28.3 Å². The number of aromatic amines is 1. The van der Waals surface area contributed by atoms with Gasteiger partial charge < -0.3 is 4.98 Å². The SMILES string of the molecule is Cc1ccccc1C1c2sc(=O)[nH]c2SC2C1[C@H]1C[C@@H]2C2C(=O)N(c3ccc(Cl)cc3)C(=O)C21. The number of carbonyl (C=O) groups excluding carboxylic acids is 2. The van der Waals surface area contributed by atoms with Crippen LogP contribution in [0.4, 0.5) is 5.69 Å². The second-order valence-corrected chi connectivity index (χ2v) is 12.4. The summed E-state index contributed by atoms with van der Waals surface area (Å²) >= 11 is 9.06. The number of hydrogen-bond acceptors (Lipinski definition) is 5. The highest BCUT2D eigenvalue weighted by Gasteiger charge is 2.69. The molecule has 3 aromatic rings. The van der Waals surface area contributed by atoms with Crippen LogP contribution in [0.25, 0.3) is 0 Å². The second kappa shape index (κ2) is 7.33. The first-order valence-corrected chi connectivity index (χ1v) is 13.6. The van der Waals surface area contributed by atoms with Crippen molar-refractivity contribution in [3.8, 4) is 0 Å². The van der Waals surface area contributed by atoms with Crippen molar-refractivity contribution < 1.29 is 9.59 Å². The van der Waals surface area contributed by atoms with E-state index < -0.39 is 0 Å². The number of nitrogens with zero attached hydrogens (tertiary/aromatic N) is 1. The van der Waals surface area contributed by atoms with E-state index in [9.17, 15) is 14.4 Å². The summed E-state index contributed by atoms with van der Waals surface area (Å²) < 4.78 is 0. The molecule has 172 valence electrons. The van der Waals surface area contributed by atoms with Gasteiger partial charge in [-0.05, 0) is 66.5 Å². The Kier molecular flexibility index (Phi) is 4.52. The molecule has 4 aliphatic rings. The number of benzene rings is 2. The van der Waals surface area contributed by atoms with Gasteiger partial charge in [-0.1, -0.05) is 47.2 Å². The molecule has 1 aromatic heterocycles. The van der Waals surface area contributed by atoms with E-state index in [1.54, 1.807) is 36.0 Å². The summed E-state index contributed by atoms with van der Waals surface area (Å²) in [7, 11) is 0. The summed E-state index contributed by atoms with van der Waals surface area (Å²) in [5.74, 6) is -0.207. The van der Waals surface area contributed by atoms with Crippen molar-refractivity contribution in [1.29, 1.82) is 0 Å². The number of thiazole rings is 1. The molecule has 2 aliphatic heterocycles. The first-order chi connectivity index (χ1) is 16.4. The molecule has 0 radical (unpaired) electrons. The van der Waals surface area contributed by atoms with E-state index >= 15 is 0 Å². The van der Waals surface area contributed by atoms with E-state index in [0.29, 0.717) is 10.7 Å². The number of halogens is 1. The van der Waals surface area contributed by atoms with E-state index in [0.717, 1.165) is 16.3 Å². The molecule has 0 spiro atoms. The largest absolute Gasteiger partial charge is 0.307 e. The lowest BCUT2D eigenvalue weighted by Crippen LogP contribution is -2.42. The van der Waals surface area contributed by atoms with Gasteiger partial charge in [-0.15, -0.1) is 11.8 Å². The van der Waals surface area contributed by atoms with Gasteiger partial charge >= 0.3 is 4.87 Å². The van der Waals surface area contributed by atoms with Crippen molar-refractivity contribution >= 4 is 52.2 Å². The van der Waals surface area contributed by atoms with Crippen LogP contribution in [0.5, 0.6) is 0 Å². The standard InChI is InChI=1S/C26H21ClN2O3S2/c1-11-4-2-3-5-14(11)17-18-15-10-16(21(18)33-23-22(17)34-26(32)28-23)20-19(15)24(30)29(25(20)31)13-8-6-12(27)7-9-13/h2-9,15-21H,10H2,1H3,(H,28,32)/t15-,16-,17?,18?,19?,20?,21?/m1/s1. The van der Waals surface area contributed by atoms with Gasteiger partial charge in [0.15, 0.2) is 0 Å². The average molecular weight is 509 g/mol. The van der Waals surface area contributed by atoms with Crippen LogP contribution in [0, 0.1) is 36.5 Å². The summed E-state index contributed by atoms with van der Waals surface area (Å²) in [6, 6.07) is 15.3. The molecule has 2 aromatic carbocycles. The number of imide groups is 1. The number of rotatable bonds is 2. The number of H-pyrrole nitrogens is 1. The second-order valence-electron chi connectivity index (χ2n) is 9.81. The highest BCUT2D eigenvalue weighted by atomic mass is 35.5. The average Bonchev–Trinajstić information content (AvgIpc) is 3.54. The number of aryl methyl sites for hydroxylation is 1. The molecule has 7 rings (SSSR count). The highest BCUT2D eigenvalue weighted by Crippen LogP contribution is 2.68. The van der Waals surface area contributed by atoms with E-state index in [1.807, 2.05) is 6.07 Å². The maximum Gasteiger partial charge on any atom is 0.305 e. The third kappa shape index (κ3) is 2.72. The van der Waals surface area contributed by atoms with Gasteiger partial charge in [0.05, 0.1) is 22.5 Å². The number of fused-ring (bicyclic) bond motifs is 9. The Morgan fingerprint density at radius 1 is 0.971 bits per heavy atom. The van der Waals surface area contributed by atoms with Gasteiger partial charge in [-0.3, -0.25) is 19.3 Å². The predicted molar refractivity (Wildman–Crippen MR) is 134 cm³/mol. The smallest absolute Gasteiger partial charge is 0.305 e. The van der Waals surface area contributed by atoms with E-state index in [2.05, 4.69) is 30.1 Å².